The largest absolute Gasteiger partial charge is 0.370 e. The van der Waals surface area contributed by atoms with Crippen LogP contribution < -0.4 is 10.2 Å². The average molecular weight is 385 g/mol. The van der Waals surface area contributed by atoms with Crippen LogP contribution in [0.1, 0.15) is 24.3 Å². The van der Waals surface area contributed by atoms with Gasteiger partial charge < -0.3 is 15.0 Å². The summed E-state index contributed by atoms with van der Waals surface area (Å²) >= 11 is 5.97. The predicted octanol–water partition coefficient (Wildman–Crippen LogP) is 3.84. The van der Waals surface area contributed by atoms with Crippen molar-refractivity contribution in [3.63, 3.8) is 0 Å². The smallest absolute Gasteiger partial charge is 0.253 e. The summed E-state index contributed by atoms with van der Waals surface area (Å²) in [6.07, 6.45) is 2.14. The molecular weight excluding hydrogens is 364 g/mol. The topological polar surface area (TPSA) is 58.6 Å². The second-order valence-electron chi connectivity index (χ2n) is 7.00. The van der Waals surface area contributed by atoms with Gasteiger partial charge in [0.2, 0.25) is 5.91 Å². The maximum atomic E-state index is 12.9. The van der Waals surface area contributed by atoms with Crippen LogP contribution in [0.3, 0.4) is 0 Å². The van der Waals surface area contributed by atoms with Crippen molar-refractivity contribution in [3.05, 3.63) is 59.1 Å². The van der Waals surface area contributed by atoms with Gasteiger partial charge in [-0.2, -0.15) is 0 Å². The molecule has 2 aromatic rings. The van der Waals surface area contributed by atoms with Crippen molar-refractivity contribution in [1.29, 1.82) is 0 Å². The van der Waals surface area contributed by atoms with E-state index < -0.39 is 0 Å². The van der Waals surface area contributed by atoms with E-state index in [9.17, 15) is 9.59 Å². The third kappa shape index (κ3) is 4.15. The first kappa shape index (κ1) is 18.0. The van der Waals surface area contributed by atoms with Gasteiger partial charge in [-0.1, -0.05) is 23.7 Å². The number of hydrogen-bond donors (Lipinski definition) is 1. The number of carbonyl (C=O) groups is 2. The van der Waals surface area contributed by atoms with E-state index in [1.54, 1.807) is 4.90 Å². The number of benzene rings is 2. The monoisotopic (exact) mass is 384 g/mol. The predicted molar refractivity (Wildman–Crippen MR) is 105 cm³/mol. The molecule has 27 heavy (non-hydrogen) atoms. The summed E-state index contributed by atoms with van der Waals surface area (Å²) in [7, 11) is 0. The highest BCUT2D eigenvalue weighted by atomic mass is 35.5. The fourth-order valence-electron chi connectivity index (χ4n) is 3.47. The van der Waals surface area contributed by atoms with Crippen molar-refractivity contribution in [3.8, 4) is 0 Å². The van der Waals surface area contributed by atoms with E-state index in [2.05, 4.69) is 5.32 Å². The first-order valence-electron chi connectivity index (χ1n) is 9.16. The van der Waals surface area contributed by atoms with Gasteiger partial charge in [0.25, 0.3) is 5.91 Å². The summed E-state index contributed by atoms with van der Waals surface area (Å²) in [4.78, 5) is 26.5. The third-order valence-electron chi connectivity index (χ3n) is 5.04. The maximum absolute atomic E-state index is 12.9. The Balaban J connectivity index is 1.46. The summed E-state index contributed by atoms with van der Waals surface area (Å²) in [5.41, 5.74) is 2.54. The Morgan fingerprint density at radius 3 is 2.44 bits per heavy atom. The zero-order valence-electron chi connectivity index (χ0n) is 14.9. The molecule has 140 valence electrons. The minimum atomic E-state index is -0.164. The molecule has 0 bridgehead atoms. The number of nitrogens with zero attached hydrogens (tertiary/aromatic N) is 1. The third-order valence-corrected chi connectivity index (χ3v) is 5.29. The van der Waals surface area contributed by atoms with Gasteiger partial charge in [-0.05, 0) is 60.7 Å². The molecule has 4 rings (SSSR count). The van der Waals surface area contributed by atoms with Gasteiger partial charge >= 0.3 is 0 Å². The lowest BCUT2D eigenvalue weighted by molar-refractivity contribution is -0.125. The number of halogens is 1. The van der Waals surface area contributed by atoms with Crippen molar-refractivity contribution < 1.29 is 14.3 Å². The standard InChI is InChI=1S/C21H21ClN2O3/c22-16-5-3-15(4-6-16)20(14-1-2-14)21(26)23-17-7-9-18(10-8-17)24-11-12-27-13-19(24)25/h3-10,14,20H,1-2,11-13H2,(H,23,26). The minimum absolute atomic E-state index is 0.00461. The highest BCUT2D eigenvalue weighted by molar-refractivity contribution is 6.30. The van der Waals surface area contributed by atoms with Crippen molar-refractivity contribution in [1.82, 2.24) is 0 Å². The van der Waals surface area contributed by atoms with Crippen LogP contribution in [0.15, 0.2) is 48.5 Å². The molecular formula is C21H21ClN2O3. The lowest BCUT2D eigenvalue weighted by Crippen LogP contribution is -2.41. The Morgan fingerprint density at radius 1 is 1.11 bits per heavy atom. The number of rotatable bonds is 5. The lowest BCUT2D eigenvalue weighted by atomic mass is 9.93. The molecule has 1 saturated heterocycles. The van der Waals surface area contributed by atoms with Crippen LogP contribution in [0.5, 0.6) is 0 Å². The zero-order valence-corrected chi connectivity index (χ0v) is 15.6. The Labute approximate surface area is 163 Å². The van der Waals surface area contributed by atoms with Crippen molar-refractivity contribution in [2.45, 2.75) is 18.8 Å². The molecule has 1 N–H and O–H groups in total. The Hall–Kier alpha value is -2.37. The van der Waals surface area contributed by atoms with Gasteiger partial charge in [0.1, 0.15) is 6.61 Å². The lowest BCUT2D eigenvalue weighted by Gasteiger charge is -2.27. The molecule has 5 nitrogen and oxygen atoms in total. The highest BCUT2D eigenvalue weighted by Crippen LogP contribution is 2.43. The number of anilines is 2. The summed E-state index contributed by atoms with van der Waals surface area (Å²) in [5, 5.41) is 3.69. The van der Waals surface area contributed by atoms with Crippen LogP contribution in [0, 0.1) is 5.92 Å². The molecule has 2 aromatic carbocycles. The molecule has 1 aliphatic heterocycles. The van der Waals surface area contributed by atoms with Crippen LogP contribution in [0.4, 0.5) is 11.4 Å². The minimum Gasteiger partial charge on any atom is -0.370 e. The van der Waals surface area contributed by atoms with E-state index in [1.807, 2.05) is 48.5 Å². The number of nitrogens with one attached hydrogen (secondary N) is 1. The van der Waals surface area contributed by atoms with Gasteiger partial charge in [0.05, 0.1) is 12.5 Å². The van der Waals surface area contributed by atoms with Crippen LogP contribution in [0.2, 0.25) is 5.02 Å². The van der Waals surface area contributed by atoms with Crippen molar-refractivity contribution >= 4 is 34.8 Å². The van der Waals surface area contributed by atoms with Gasteiger partial charge in [0, 0.05) is 22.9 Å². The maximum Gasteiger partial charge on any atom is 0.253 e. The summed E-state index contributed by atoms with van der Waals surface area (Å²) in [5.74, 6) is 0.170. The Kier molecular flexibility index (Phi) is 5.14. The van der Waals surface area contributed by atoms with Gasteiger partial charge in [-0.3, -0.25) is 9.59 Å². The molecule has 2 amide bonds. The summed E-state index contributed by atoms with van der Waals surface area (Å²) in [6, 6.07) is 14.9. The van der Waals surface area contributed by atoms with E-state index in [1.165, 1.54) is 0 Å². The molecule has 2 fully saturated rings. The molecule has 2 aliphatic rings. The van der Waals surface area contributed by atoms with Crippen LogP contribution in [-0.4, -0.2) is 31.6 Å². The fraction of sp³-hybridized carbons (Fsp3) is 0.333. The molecule has 0 aromatic heterocycles. The molecule has 1 aliphatic carbocycles. The molecule has 1 unspecified atom stereocenters. The molecule has 1 saturated carbocycles. The van der Waals surface area contributed by atoms with E-state index in [-0.39, 0.29) is 24.3 Å². The quantitative estimate of drug-likeness (QED) is 0.852. The number of ether oxygens (including phenoxy) is 1. The molecule has 6 heteroatoms. The molecule has 0 radical (unpaired) electrons. The van der Waals surface area contributed by atoms with E-state index in [0.29, 0.717) is 24.1 Å². The normalized spacial score (nSPS) is 18.3. The highest BCUT2D eigenvalue weighted by Gasteiger charge is 2.37. The SMILES string of the molecule is O=C(Nc1ccc(N2CCOCC2=O)cc1)C(c1ccc(Cl)cc1)C1CC1. The van der Waals surface area contributed by atoms with Crippen molar-refractivity contribution in [2.75, 3.05) is 30.0 Å². The Bertz CT molecular complexity index is 832. The van der Waals surface area contributed by atoms with Gasteiger partial charge in [-0.15, -0.1) is 0 Å². The number of carbonyl (C=O) groups excluding carboxylic acids is 2. The second-order valence-corrected chi connectivity index (χ2v) is 7.44. The van der Waals surface area contributed by atoms with Crippen LogP contribution >= 0.6 is 11.6 Å². The zero-order chi connectivity index (χ0) is 18.8. The molecule has 1 heterocycles. The van der Waals surface area contributed by atoms with Crippen molar-refractivity contribution in [2.24, 2.45) is 5.92 Å². The van der Waals surface area contributed by atoms with Gasteiger partial charge in [-0.25, -0.2) is 0 Å². The Morgan fingerprint density at radius 2 is 1.81 bits per heavy atom. The molecule has 0 spiro atoms. The first-order valence-corrected chi connectivity index (χ1v) is 9.54. The summed E-state index contributed by atoms with van der Waals surface area (Å²) < 4.78 is 5.16. The average Bonchev–Trinajstić information content (AvgIpc) is 3.50. The first-order chi connectivity index (χ1) is 13.1. The van der Waals surface area contributed by atoms with E-state index in [4.69, 9.17) is 16.3 Å². The summed E-state index contributed by atoms with van der Waals surface area (Å²) in [6.45, 7) is 1.20. The number of hydrogen-bond acceptors (Lipinski definition) is 3. The van der Waals surface area contributed by atoms with E-state index in [0.717, 1.165) is 29.8 Å². The van der Waals surface area contributed by atoms with Crippen LogP contribution in [0.25, 0.3) is 0 Å². The van der Waals surface area contributed by atoms with E-state index >= 15 is 0 Å². The second kappa shape index (κ2) is 7.71. The molecule has 1 atom stereocenters. The number of morpholine rings is 1. The number of amides is 2. The van der Waals surface area contributed by atoms with Gasteiger partial charge in [0.15, 0.2) is 0 Å². The fourth-order valence-corrected chi connectivity index (χ4v) is 3.60. The van der Waals surface area contributed by atoms with Crippen LogP contribution in [-0.2, 0) is 14.3 Å².